The number of carbonyl (C=O) groups excluding carboxylic acids is 2. The van der Waals surface area contributed by atoms with Crippen molar-refractivity contribution in [1.82, 2.24) is 4.90 Å². The molecule has 2 aliphatic rings. The van der Waals surface area contributed by atoms with Gasteiger partial charge in [-0.3, -0.25) is 9.59 Å². The van der Waals surface area contributed by atoms with Crippen molar-refractivity contribution in [3.8, 4) is 0 Å². The Kier molecular flexibility index (Phi) is 6.98. The molecule has 0 N–H and O–H groups in total. The fraction of sp³-hybridized carbons (Fsp3) is 0.462. The van der Waals surface area contributed by atoms with E-state index in [0.29, 0.717) is 19.6 Å². The number of anilines is 2. The summed E-state index contributed by atoms with van der Waals surface area (Å²) in [5.74, 6) is -0.372. The molecule has 0 spiro atoms. The molecule has 0 saturated carbocycles. The van der Waals surface area contributed by atoms with E-state index < -0.39 is 9.84 Å². The van der Waals surface area contributed by atoms with Gasteiger partial charge in [0.25, 0.3) is 0 Å². The lowest BCUT2D eigenvalue weighted by Crippen LogP contribution is -2.49. The lowest BCUT2D eigenvalue weighted by atomic mass is 10.0. The molecule has 0 bridgehead atoms. The van der Waals surface area contributed by atoms with E-state index in [-0.39, 0.29) is 28.9 Å². The highest BCUT2D eigenvalue weighted by molar-refractivity contribution is 7.91. The molecule has 2 heterocycles. The molecule has 0 aromatic heterocycles. The molecule has 2 amide bonds. The number of fused-ring (bicyclic) bond motifs is 1. The van der Waals surface area contributed by atoms with Crippen LogP contribution < -0.4 is 9.80 Å². The summed E-state index contributed by atoms with van der Waals surface area (Å²) in [5, 5.41) is 0. The van der Waals surface area contributed by atoms with Crippen LogP contribution in [0, 0.1) is 13.8 Å². The van der Waals surface area contributed by atoms with Crippen molar-refractivity contribution in [3.05, 3.63) is 53.1 Å². The first-order valence-corrected chi connectivity index (χ1v) is 13.5. The van der Waals surface area contributed by atoms with Crippen molar-refractivity contribution >= 4 is 33.0 Å². The Hall–Kier alpha value is -2.87. The lowest BCUT2D eigenvalue weighted by molar-refractivity contribution is -0.131. The molecule has 0 aliphatic carbocycles. The number of hydrogen-bond donors (Lipinski definition) is 0. The Morgan fingerprint density at radius 2 is 1.65 bits per heavy atom. The highest BCUT2D eigenvalue weighted by Crippen LogP contribution is 2.30. The smallest absolute Gasteiger partial charge is 0.223 e. The van der Waals surface area contributed by atoms with E-state index in [9.17, 15) is 18.0 Å². The Balaban J connectivity index is 1.36. The maximum absolute atomic E-state index is 13.0. The highest BCUT2D eigenvalue weighted by atomic mass is 32.2. The van der Waals surface area contributed by atoms with Crippen molar-refractivity contribution in [1.29, 1.82) is 0 Å². The van der Waals surface area contributed by atoms with Crippen LogP contribution >= 0.6 is 0 Å². The Labute approximate surface area is 202 Å². The van der Waals surface area contributed by atoms with Crippen LogP contribution in [0.15, 0.2) is 41.3 Å². The molecule has 2 aromatic rings. The third-order valence-electron chi connectivity index (χ3n) is 6.83. The Bertz CT molecular complexity index is 1200. The molecular formula is C26H33N3O4S. The lowest BCUT2D eigenvalue weighted by Gasteiger charge is -2.37. The standard InChI is InChI=1S/C26H33N3O4S/c1-19-6-7-20(2)25(17-19)27-12-14-28(15-13-27)26(31)10-16-34(32,33)23-8-9-24-22(18-23)5-4-11-29(24)21(3)30/h6-9,17-18H,4-5,10-16H2,1-3H3. The summed E-state index contributed by atoms with van der Waals surface area (Å²) in [6, 6.07) is 11.3. The van der Waals surface area contributed by atoms with Gasteiger partial charge in [0.1, 0.15) is 0 Å². The van der Waals surface area contributed by atoms with Crippen LogP contribution in [0.2, 0.25) is 0 Å². The predicted octanol–water partition coefficient (Wildman–Crippen LogP) is 3.12. The number of hydrogen-bond acceptors (Lipinski definition) is 5. The summed E-state index contributed by atoms with van der Waals surface area (Å²) in [6.07, 6.45) is 1.52. The monoisotopic (exact) mass is 483 g/mol. The van der Waals surface area contributed by atoms with Crippen molar-refractivity contribution < 1.29 is 18.0 Å². The summed E-state index contributed by atoms with van der Waals surface area (Å²) < 4.78 is 25.9. The van der Waals surface area contributed by atoms with E-state index in [1.54, 1.807) is 28.0 Å². The average Bonchev–Trinajstić information content (AvgIpc) is 2.83. The van der Waals surface area contributed by atoms with Crippen molar-refractivity contribution in [2.24, 2.45) is 0 Å². The molecule has 182 valence electrons. The van der Waals surface area contributed by atoms with E-state index in [1.165, 1.54) is 23.7 Å². The summed E-state index contributed by atoms with van der Waals surface area (Å²) in [7, 11) is -3.59. The number of nitrogens with zero attached hydrogens (tertiary/aromatic N) is 3. The second kappa shape index (κ2) is 9.78. The molecule has 4 rings (SSSR count). The largest absolute Gasteiger partial charge is 0.368 e. The second-order valence-electron chi connectivity index (χ2n) is 9.29. The van der Waals surface area contributed by atoms with Gasteiger partial charge in [-0.25, -0.2) is 8.42 Å². The number of amides is 2. The van der Waals surface area contributed by atoms with Gasteiger partial charge in [0.05, 0.1) is 10.6 Å². The molecule has 1 saturated heterocycles. The maximum Gasteiger partial charge on any atom is 0.223 e. The number of piperazine rings is 1. The van der Waals surface area contributed by atoms with E-state index >= 15 is 0 Å². The van der Waals surface area contributed by atoms with Gasteiger partial charge in [-0.1, -0.05) is 12.1 Å². The van der Waals surface area contributed by atoms with Crippen molar-refractivity contribution in [3.63, 3.8) is 0 Å². The first kappa shape index (κ1) is 24.3. The van der Waals surface area contributed by atoms with E-state index in [0.717, 1.165) is 37.2 Å². The van der Waals surface area contributed by atoms with Crippen LogP contribution in [0.3, 0.4) is 0 Å². The van der Waals surface area contributed by atoms with Crippen LogP contribution in [0.5, 0.6) is 0 Å². The van der Waals surface area contributed by atoms with Gasteiger partial charge >= 0.3 is 0 Å². The summed E-state index contributed by atoms with van der Waals surface area (Å²) in [4.78, 5) is 30.6. The van der Waals surface area contributed by atoms with Gasteiger partial charge < -0.3 is 14.7 Å². The van der Waals surface area contributed by atoms with Crippen LogP contribution in [0.1, 0.15) is 36.5 Å². The third-order valence-corrected chi connectivity index (χ3v) is 8.54. The minimum absolute atomic E-state index is 0.0253. The van der Waals surface area contributed by atoms with Gasteiger partial charge in [-0.2, -0.15) is 0 Å². The van der Waals surface area contributed by atoms with E-state index in [4.69, 9.17) is 0 Å². The van der Waals surface area contributed by atoms with Crippen molar-refractivity contribution in [2.45, 2.75) is 44.9 Å². The Morgan fingerprint density at radius 3 is 2.35 bits per heavy atom. The number of benzene rings is 2. The minimum atomic E-state index is -3.59. The van der Waals surface area contributed by atoms with Crippen LogP contribution in [-0.4, -0.2) is 63.6 Å². The molecule has 34 heavy (non-hydrogen) atoms. The molecule has 0 unspecified atom stereocenters. The zero-order valence-electron chi connectivity index (χ0n) is 20.2. The molecule has 2 aromatic carbocycles. The van der Waals surface area contributed by atoms with Crippen LogP contribution in [0.25, 0.3) is 0 Å². The van der Waals surface area contributed by atoms with Gasteiger partial charge in [0.15, 0.2) is 9.84 Å². The number of aryl methyl sites for hydroxylation is 3. The number of sulfone groups is 1. The first-order chi connectivity index (χ1) is 16.2. The predicted molar refractivity (Wildman–Crippen MR) is 134 cm³/mol. The van der Waals surface area contributed by atoms with Gasteiger partial charge in [0, 0.05) is 57.4 Å². The zero-order chi connectivity index (χ0) is 24.5. The highest BCUT2D eigenvalue weighted by Gasteiger charge is 2.26. The normalized spacial score (nSPS) is 16.4. The SMILES string of the molecule is CC(=O)N1CCCc2cc(S(=O)(=O)CCC(=O)N3CCN(c4cc(C)ccc4C)CC3)ccc21. The first-order valence-electron chi connectivity index (χ1n) is 11.9. The molecule has 7 nitrogen and oxygen atoms in total. The van der Waals surface area contributed by atoms with Gasteiger partial charge in [-0.15, -0.1) is 0 Å². The van der Waals surface area contributed by atoms with E-state index in [1.807, 2.05) is 0 Å². The summed E-state index contributed by atoms with van der Waals surface area (Å²) in [5.41, 5.74) is 5.28. The van der Waals surface area contributed by atoms with Crippen LogP contribution in [-0.2, 0) is 25.8 Å². The summed E-state index contributed by atoms with van der Waals surface area (Å²) >= 11 is 0. The number of rotatable bonds is 5. The summed E-state index contributed by atoms with van der Waals surface area (Å²) in [6.45, 7) is 8.99. The fourth-order valence-corrected chi connectivity index (χ4v) is 6.12. The van der Waals surface area contributed by atoms with E-state index in [2.05, 4.69) is 36.9 Å². The molecular weight excluding hydrogens is 450 g/mol. The molecule has 0 radical (unpaired) electrons. The zero-order valence-corrected chi connectivity index (χ0v) is 21.0. The minimum Gasteiger partial charge on any atom is -0.368 e. The average molecular weight is 484 g/mol. The van der Waals surface area contributed by atoms with Crippen LogP contribution in [0.4, 0.5) is 11.4 Å². The number of carbonyl (C=O) groups is 2. The van der Waals surface area contributed by atoms with Gasteiger partial charge in [-0.05, 0) is 67.6 Å². The quantitative estimate of drug-likeness (QED) is 0.653. The molecule has 2 aliphatic heterocycles. The Morgan fingerprint density at radius 1 is 0.912 bits per heavy atom. The molecule has 1 fully saturated rings. The van der Waals surface area contributed by atoms with Gasteiger partial charge in [0.2, 0.25) is 11.8 Å². The molecule has 0 atom stereocenters. The van der Waals surface area contributed by atoms with Crippen molar-refractivity contribution in [2.75, 3.05) is 48.3 Å². The fourth-order valence-electron chi connectivity index (χ4n) is 4.85. The molecule has 8 heteroatoms. The third kappa shape index (κ3) is 5.12. The maximum atomic E-state index is 13.0. The topological polar surface area (TPSA) is 78.0 Å². The second-order valence-corrected chi connectivity index (χ2v) is 11.4.